The first kappa shape index (κ1) is 5.44. The third-order valence-corrected chi connectivity index (χ3v) is 0.603. The van der Waals surface area contributed by atoms with Crippen molar-refractivity contribution in [3.8, 4) is 0 Å². The lowest BCUT2D eigenvalue weighted by atomic mass is 11.8. The maximum Gasteiger partial charge on any atom is 0.143 e. The Kier molecular flexibility index (Phi) is 2.90. The van der Waals surface area contributed by atoms with E-state index >= 15 is 0 Å². The van der Waals surface area contributed by atoms with E-state index in [4.69, 9.17) is 10.7 Å². The lowest BCUT2D eigenvalue weighted by molar-refractivity contribution is 0.607. The Morgan fingerprint density at radius 2 is 2.20 bits per heavy atom. The SMILES string of the molecule is C=S(Cl)CF. The number of hydrogen-bond donors (Lipinski definition) is 0. The Morgan fingerprint density at radius 3 is 2.20 bits per heavy atom. The fourth-order valence-corrected chi connectivity index (χ4v) is 0. The number of halogens is 2. The highest BCUT2D eigenvalue weighted by molar-refractivity contribution is 8.33. The topological polar surface area (TPSA) is 0 Å². The molecular formula is C2H4ClFS. The van der Waals surface area contributed by atoms with Crippen LogP contribution in [0.5, 0.6) is 0 Å². The lowest BCUT2D eigenvalue weighted by Crippen LogP contribution is -1.50. The Morgan fingerprint density at radius 1 is 2.00 bits per heavy atom. The first-order valence-electron chi connectivity index (χ1n) is 0.999. The van der Waals surface area contributed by atoms with Gasteiger partial charge in [0.2, 0.25) is 0 Å². The molecule has 0 rings (SSSR count). The van der Waals surface area contributed by atoms with Crippen molar-refractivity contribution in [1.82, 2.24) is 0 Å². The normalized spacial score (nSPS) is 14.8. The summed E-state index contributed by atoms with van der Waals surface area (Å²) in [6.07, 6.45) is 0. The molecule has 0 aliphatic carbocycles. The standard InChI is InChI=1S/C2H4ClFS/c1-5(3)2-4/h1-2H2. The number of rotatable bonds is 1. The predicted octanol–water partition coefficient (Wildman–Crippen LogP) is 1.77. The molecule has 0 aromatic heterocycles. The first-order valence-corrected chi connectivity index (χ1v) is 3.39. The minimum atomic E-state index is -0.767. The van der Waals surface area contributed by atoms with Gasteiger partial charge in [-0.2, -0.15) is 0 Å². The molecule has 32 valence electrons. The van der Waals surface area contributed by atoms with E-state index in [0.29, 0.717) is 0 Å². The molecular weight excluding hydrogens is 111 g/mol. The highest BCUT2D eigenvalue weighted by Crippen LogP contribution is 2.13. The average molecular weight is 115 g/mol. The molecule has 0 saturated carbocycles. The highest BCUT2D eigenvalue weighted by atomic mass is 35.7. The van der Waals surface area contributed by atoms with E-state index in [2.05, 4.69) is 5.87 Å². The van der Waals surface area contributed by atoms with Crippen LogP contribution in [0.15, 0.2) is 0 Å². The molecule has 0 amide bonds. The van der Waals surface area contributed by atoms with Crippen LogP contribution in [0, 0.1) is 0 Å². The summed E-state index contributed by atoms with van der Waals surface area (Å²) in [5.41, 5.74) is 0. The highest BCUT2D eigenvalue weighted by Gasteiger charge is 1.72. The molecule has 1 atom stereocenters. The largest absolute Gasteiger partial charge is 0.239 e. The van der Waals surface area contributed by atoms with E-state index in [1.807, 2.05) is 0 Å². The van der Waals surface area contributed by atoms with Crippen LogP contribution >= 0.6 is 20.4 Å². The lowest BCUT2D eigenvalue weighted by Gasteiger charge is -1.76. The zero-order valence-corrected chi connectivity index (χ0v) is 4.15. The maximum absolute atomic E-state index is 10.9. The predicted molar refractivity (Wildman–Crippen MR) is 26.5 cm³/mol. The number of alkyl halides is 1. The zero-order chi connectivity index (χ0) is 4.28. The van der Waals surface area contributed by atoms with Gasteiger partial charge in [0.15, 0.2) is 0 Å². The maximum atomic E-state index is 10.9. The summed E-state index contributed by atoms with van der Waals surface area (Å²) >= 11 is 0. The van der Waals surface area contributed by atoms with Gasteiger partial charge >= 0.3 is 0 Å². The molecule has 0 radical (unpaired) electrons. The van der Waals surface area contributed by atoms with Crippen LogP contribution < -0.4 is 0 Å². The van der Waals surface area contributed by atoms with Gasteiger partial charge in [0.05, 0.1) is 0 Å². The second-order valence-corrected chi connectivity index (χ2v) is 2.90. The van der Waals surface area contributed by atoms with E-state index in [0.717, 1.165) is 0 Å². The van der Waals surface area contributed by atoms with Crippen LogP contribution in [0.1, 0.15) is 0 Å². The van der Waals surface area contributed by atoms with Crippen molar-refractivity contribution in [1.29, 1.82) is 0 Å². The van der Waals surface area contributed by atoms with Gasteiger partial charge in [0.1, 0.15) is 6.01 Å². The van der Waals surface area contributed by atoms with Gasteiger partial charge < -0.3 is 0 Å². The monoisotopic (exact) mass is 114 g/mol. The molecule has 0 spiro atoms. The van der Waals surface area contributed by atoms with E-state index in [1.54, 1.807) is 0 Å². The van der Waals surface area contributed by atoms with Gasteiger partial charge in [-0.05, 0) is 10.7 Å². The van der Waals surface area contributed by atoms with Crippen LogP contribution in [0.4, 0.5) is 4.39 Å². The minimum absolute atomic E-state index is 0.512. The second-order valence-electron chi connectivity index (χ2n) is 0.531. The van der Waals surface area contributed by atoms with Crippen molar-refractivity contribution in [2.24, 2.45) is 0 Å². The molecule has 3 heteroatoms. The van der Waals surface area contributed by atoms with Crippen molar-refractivity contribution in [3.05, 3.63) is 0 Å². The molecule has 0 aromatic rings. The fraction of sp³-hybridized carbons (Fsp3) is 0.500. The summed E-state index contributed by atoms with van der Waals surface area (Å²) in [6, 6.07) is -0.512. The quantitative estimate of drug-likeness (QED) is 0.456. The number of hydrogen-bond acceptors (Lipinski definition) is 0. The Balaban J connectivity index is 2.85. The smallest absolute Gasteiger partial charge is 0.143 e. The third-order valence-electron chi connectivity index (χ3n) is 0.118. The van der Waals surface area contributed by atoms with Crippen molar-refractivity contribution in [2.45, 2.75) is 0 Å². The Labute approximate surface area is 37.4 Å². The van der Waals surface area contributed by atoms with Crippen molar-refractivity contribution < 1.29 is 4.39 Å². The van der Waals surface area contributed by atoms with Gasteiger partial charge in [0.25, 0.3) is 0 Å². The molecule has 0 heterocycles. The summed E-state index contributed by atoms with van der Waals surface area (Å²) in [5.74, 6) is 3.18. The van der Waals surface area contributed by atoms with Gasteiger partial charge in [-0.15, -0.1) is 0 Å². The summed E-state index contributed by atoms with van der Waals surface area (Å²) in [6.45, 7) is 0. The minimum Gasteiger partial charge on any atom is -0.239 e. The molecule has 0 N–H and O–H groups in total. The van der Waals surface area contributed by atoms with Gasteiger partial charge in [-0.25, -0.2) is 4.39 Å². The van der Waals surface area contributed by atoms with Crippen molar-refractivity contribution in [2.75, 3.05) is 6.01 Å². The van der Waals surface area contributed by atoms with Crippen LogP contribution in [-0.4, -0.2) is 11.9 Å². The first-order chi connectivity index (χ1) is 2.27. The molecule has 0 bridgehead atoms. The summed E-state index contributed by atoms with van der Waals surface area (Å²) < 4.78 is 10.9. The molecule has 1 unspecified atom stereocenters. The fourth-order valence-electron chi connectivity index (χ4n) is 0. The Hall–Kier alpha value is 0.440. The molecule has 0 saturated heterocycles. The summed E-state index contributed by atoms with van der Waals surface area (Å²) in [4.78, 5) is 0. The molecule has 5 heavy (non-hydrogen) atoms. The van der Waals surface area contributed by atoms with Crippen LogP contribution in [0.25, 0.3) is 0 Å². The molecule has 0 aliphatic rings. The van der Waals surface area contributed by atoms with Crippen molar-refractivity contribution >= 4 is 26.3 Å². The van der Waals surface area contributed by atoms with E-state index in [9.17, 15) is 4.39 Å². The zero-order valence-electron chi connectivity index (χ0n) is 2.58. The second kappa shape index (κ2) is 2.67. The molecule has 0 nitrogen and oxygen atoms in total. The van der Waals surface area contributed by atoms with E-state index in [-0.39, 0.29) is 0 Å². The summed E-state index contributed by atoms with van der Waals surface area (Å²) in [7, 11) is 4.24. The molecule has 0 aromatic carbocycles. The molecule has 0 fully saturated rings. The van der Waals surface area contributed by atoms with Crippen LogP contribution in [0.2, 0.25) is 0 Å². The van der Waals surface area contributed by atoms with Crippen LogP contribution in [-0.2, 0) is 0 Å². The van der Waals surface area contributed by atoms with E-state index in [1.165, 1.54) is 0 Å². The van der Waals surface area contributed by atoms with Gasteiger partial charge in [-0.1, -0.05) is 15.6 Å². The average Bonchev–Trinajstić information content (AvgIpc) is 1.38. The van der Waals surface area contributed by atoms with Gasteiger partial charge in [-0.3, -0.25) is 0 Å². The van der Waals surface area contributed by atoms with Gasteiger partial charge in [0, 0.05) is 0 Å². The summed E-state index contributed by atoms with van der Waals surface area (Å²) in [5, 5.41) is 0. The third kappa shape index (κ3) is 4.44. The van der Waals surface area contributed by atoms with Crippen LogP contribution in [0.3, 0.4) is 0 Å². The van der Waals surface area contributed by atoms with E-state index < -0.39 is 15.7 Å². The Bertz CT molecular complexity index is 44.9. The molecule has 0 aliphatic heterocycles. The van der Waals surface area contributed by atoms with Crippen molar-refractivity contribution in [3.63, 3.8) is 0 Å².